The van der Waals surface area contributed by atoms with Gasteiger partial charge in [-0.3, -0.25) is 19.9 Å². The molecule has 1 atom stereocenters. The number of carbonyl (C=O) groups is 1. The molecule has 1 aromatic heterocycles. The molecule has 2 aromatic rings. The van der Waals surface area contributed by atoms with Crippen LogP contribution < -0.4 is 5.32 Å². The third kappa shape index (κ3) is 5.26. The van der Waals surface area contributed by atoms with Crippen LogP contribution in [0.5, 0.6) is 0 Å². The number of nitrogens with one attached hydrogen (secondary N) is 1. The van der Waals surface area contributed by atoms with Gasteiger partial charge in [0.05, 0.1) is 11.6 Å². The Balaban J connectivity index is 1.51. The van der Waals surface area contributed by atoms with Crippen molar-refractivity contribution in [1.29, 1.82) is 0 Å². The van der Waals surface area contributed by atoms with Crippen LogP contribution in [-0.4, -0.2) is 57.9 Å². The molecule has 1 aliphatic rings. The molecule has 2 heterocycles. The topological polar surface area (TPSA) is 61.4 Å². The van der Waals surface area contributed by atoms with Gasteiger partial charge in [0.1, 0.15) is 0 Å². The second kappa shape index (κ2) is 8.66. The van der Waals surface area contributed by atoms with Crippen LogP contribution in [0.4, 0.5) is 19.1 Å². The number of benzene rings is 1. The normalized spacial score (nSPS) is 17.3. The zero-order valence-electron chi connectivity index (χ0n) is 15.5. The minimum Gasteiger partial charge on any atom is -0.297 e. The summed E-state index contributed by atoms with van der Waals surface area (Å²) in [7, 11) is 0. The molecular formula is C19H22F3N5O. The van der Waals surface area contributed by atoms with Gasteiger partial charge in [-0.05, 0) is 24.6 Å². The van der Waals surface area contributed by atoms with E-state index >= 15 is 0 Å². The van der Waals surface area contributed by atoms with E-state index in [2.05, 4.69) is 20.2 Å². The van der Waals surface area contributed by atoms with Crippen LogP contribution in [-0.2, 0) is 17.5 Å². The number of rotatable bonds is 5. The summed E-state index contributed by atoms with van der Waals surface area (Å²) in [5.41, 5.74) is 0.00681. The number of carbonyl (C=O) groups excluding carboxylic acids is 1. The molecule has 3 rings (SSSR count). The highest BCUT2D eigenvalue weighted by Crippen LogP contribution is 2.29. The van der Waals surface area contributed by atoms with E-state index in [1.165, 1.54) is 12.1 Å². The van der Waals surface area contributed by atoms with Gasteiger partial charge < -0.3 is 0 Å². The monoisotopic (exact) mass is 393 g/mol. The Morgan fingerprint density at radius 3 is 2.46 bits per heavy atom. The molecule has 28 heavy (non-hydrogen) atoms. The Morgan fingerprint density at radius 1 is 1.14 bits per heavy atom. The van der Waals surface area contributed by atoms with Crippen LogP contribution in [0.25, 0.3) is 0 Å². The number of anilines is 1. The largest absolute Gasteiger partial charge is 0.416 e. The molecule has 0 aliphatic carbocycles. The van der Waals surface area contributed by atoms with Crippen molar-refractivity contribution in [1.82, 2.24) is 19.8 Å². The number of alkyl halides is 3. The van der Waals surface area contributed by atoms with Crippen molar-refractivity contribution < 1.29 is 18.0 Å². The average Bonchev–Trinajstić information content (AvgIpc) is 2.68. The fourth-order valence-electron chi connectivity index (χ4n) is 3.16. The first-order valence-corrected chi connectivity index (χ1v) is 9.03. The first-order chi connectivity index (χ1) is 13.3. The van der Waals surface area contributed by atoms with Crippen molar-refractivity contribution in [3.05, 3.63) is 53.9 Å². The molecule has 1 aromatic carbocycles. The van der Waals surface area contributed by atoms with E-state index < -0.39 is 11.7 Å². The van der Waals surface area contributed by atoms with Gasteiger partial charge in [0.2, 0.25) is 11.9 Å². The summed E-state index contributed by atoms with van der Waals surface area (Å²) < 4.78 is 38.6. The molecular weight excluding hydrogens is 371 g/mol. The Morgan fingerprint density at radius 2 is 1.82 bits per heavy atom. The van der Waals surface area contributed by atoms with E-state index in [0.29, 0.717) is 38.3 Å². The summed E-state index contributed by atoms with van der Waals surface area (Å²) in [5, 5.41) is 2.69. The summed E-state index contributed by atoms with van der Waals surface area (Å²) >= 11 is 0. The van der Waals surface area contributed by atoms with Crippen molar-refractivity contribution in [3.63, 3.8) is 0 Å². The highest BCUT2D eigenvalue weighted by Gasteiger charge is 2.31. The SMILES string of the molecule is CC(C(=O)Nc1ncccn1)N1CCN(Cc2cccc(C(F)(F)F)c2)CC1. The lowest BCUT2D eigenvalue weighted by atomic mass is 10.1. The predicted octanol–water partition coefficient (Wildman–Crippen LogP) is 2.64. The lowest BCUT2D eigenvalue weighted by Crippen LogP contribution is -2.52. The molecule has 1 unspecified atom stereocenters. The Kier molecular flexibility index (Phi) is 6.25. The summed E-state index contributed by atoms with van der Waals surface area (Å²) in [6, 6.07) is 6.74. The highest BCUT2D eigenvalue weighted by atomic mass is 19.4. The fraction of sp³-hybridized carbons (Fsp3) is 0.421. The highest BCUT2D eigenvalue weighted by molar-refractivity contribution is 5.93. The molecule has 150 valence electrons. The van der Waals surface area contributed by atoms with Gasteiger partial charge in [0.25, 0.3) is 0 Å². The zero-order chi connectivity index (χ0) is 20.1. The number of hydrogen-bond donors (Lipinski definition) is 1. The first kappa shape index (κ1) is 20.2. The molecule has 1 amide bonds. The minimum atomic E-state index is -4.33. The van der Waals surface area contributed by atoms with Gasteiger partial charge in [0.15, 0.2) is 0 Å². The molecule has 6 nitrogen and oxygen atoms in total. The summed E-state index contributed by atoms with van der Waals surface area (Å²) in [6.45, 7) is 4.94. The minimum absolute atomic E-state index is 0.183. The van der Waals surface area contributed by atoms with E-state index in [1.54, 1.807) is 24.5 Å². The van der Waals surface area contributed by atoms with Crippen LogP contribution in [0.3, 0.4) is 0 Å². The summed E-state index contributed by atoms with van der Waals surface area (Å²) in [5.74, 6) is 0.0834. The van der Waals surface area contributed by atoms with Gasteiger partial charge in [-0.25, -0.2) is 9.97 Å². The number of aromatic nitrogens is 2. The van der Waals surface area contributed by atoms with Crippen molar-refractivity contribution in [2.24, 2.45) is 0 Å². The number of hydrogen-bond acceptors (Lipinski definition) is 5. The van der Waals surface area contributed by atoms with Crippen LogP contribution in [0.15, 0.2) is 42.7 Å². The summed E-state index contributed by atoms with van der Waals surface area (Å²) in [4.78, 5) is 24.5. The van der Waals surface area contributed by atoms with Gasteiger partial charge in [0, 0.05) is 45.1 Å². The third-order valence-electron chi connectivity index (χ3n) is 4.80. The maximum Gasteiger partial charge on any atom is 0.416 e. The second-order valence-electron chi connectivity index (χ2n) is 6.75. The van der Waals surface area contributed by atoms with Crippen molar-refractivity contribution in [2.45, 2.75) is 25.7 Å². The maximum atomic E-state index is 12.9. The van der Waals surface area contributed by atoms with E-state index in [9.17, 15) is 18.0 Å². The van der Waals surface area contributed by atoms with Gasteiger partial charge in [-0.2, -0.15) is 13.2 Å². The van der Waals surface area contributed by atoms with Crippen molar-refractivity contribution in [3.8, 4) is 0 Å². The fourth-order valence-corrected chi connectivity index (χ4v) is 3.16. The number of nitrogens with zero attached hydrogens (tertiary/aromatic N) is 4. The molecule has 1 saturated heterocycles. The van der Waals surface area contributed by atoms with Crippen LogP contribution >= 0.6 is 0 Å². The molecule has 1 fully saturated rings. The maximum absolute atomic E-state index is 12.9. The lowest BCUT2D eigenvalue weighted by molar-refractivity contribution is -0.137. The third-order valence-corrected chi connectivity index (χ3v) is 4.80. The Labute approximate surface area is 161 Å². The standard InChI is InChI=1S/C19H22F3N5O/c1-14(17(28)25-18-23-6-3-7-24-18)27-10-8-26(9-11-27)13-15-4-2-5-16(12-15)19(20,21)22/h2-7,12,14H,8-11,13H2,1H3,(H,23,24,25,28). The smallest absolute Gasteiger partial charge is 0.297 e. The van der Waals surface area contributed by atoms with Crippen molar-refractivity contribution >= 4 is 11.9 Å². The number of halogens is 3. The number of piperazine rings is 1. The van der Waals surface area contributed by atoms with Crippen LogP contribution in [0.2, 0.25) is 0 Å². The van der Waals surface area contributed by atoms with Crippen molar-refractivity contribution in [2.75, 3.05) is 31.5 Å². The van der Waals surface area contributed by atoms with Crippen LogP contribution in [0, 0.1) is 0 Å². The molecule has 0 radical (unpaired) electrons. The van der Waals surface area contributed by atoms with Crippen LogP contribution in [0.1, 0.15) is 18.1 Å². The van der Waals surface area contributed by atoms with E-state index in [4.69, 9.17) is 0 Å². The van der Waals surface area contributed by atoms with Gasteiger partial charge >= 0.3 is 6.18 Å². The van der Waals surface area contributed by atoms with E-state index in [1.807, 2.05) is 11.8 Å². The molecule has 0 bridgehead atoms. The summed E-state index contributed by atoms with van der Waals surface area (Å²) in [6.07, 6.45) is -1.22. The molecule has 1 aliphatic heterocycles. The number of amides is 1. The van der Waals surface area contributed by atoms with Gasteiger partial charge in [-0.15, -0.1) is 0 Å². The van der Waals surface area contributed by atoms with Gasteiger partial charge in [-0.1, -0.05) is 18.2 Å². The molecule has 0 spiro atoms. The van der Waals surface area contributed by atoms with E-state index in [0.717, 1.165) is 6.07 Å². The zero-order valence-corrected chi connectivity index (χ0v) is 15.5. The van der Waals surface area contributed by atoms with E-state index in [-0.39, 0.29) is 17.9 Å². The molecule has 9 heteroatoms. The Bertz CT molecular complexity index is 792. The predicted molar refractivity (Wildman–Crippen MR) is 98.4 cm³/mol. The Hall–Kier alpha value is -2.52. The molecule has 1 N–H and O–H groups in total. The average molecular weight is 393 g/mol. The molecule has 0 saturated carbocycles. The quantitative estimate of drug-likeness (QED) is 0.846. The first-order valence-electron chi connectivity index (χ1n) is 9.03. The second-order valence-corrected chi connectivity index (χ2v) is 6.75. The lowest BCUT2D eigenvalue weighted by Gasteiger charge is -2.37.